The monoisotopic (exact) mass is 643 g/mol. The van der Waals surface area contributed by atoms with Gasteiger partial charge in [-0.05, 0) is 84.1 Å². The van der Waals surface area contributed by atoms with Crippen molar-refractivity contribution in [2.45, 2.75) is 58.4 Å². The molecule has 1 atom stereocenters. The molecular formula is C37H39F2N3O3S. The van der Waals surface area contributed by atoms with Crippen LogP contribution < -0.4 is 4.74 Å². The number of nitrogens with one attached hydrogen (secondary N) is 1. The van der Waals surface area contributed by atoms with Gasteiger partial charge in [-0.3, -0.25) is 9.48 Å². The number of fused-ring (bicyclic) bond motifs is 8. The number of aromatic amines is 1. The maximum atomic E-state index is 15.5. The van der Waals surface area contributed by atoms with Crippen molar-refractivity contribution < 1.29 is 23.0 Å². The molecule has 0 saturated carbocycles. The molecule has 0 amide bonds. The Kier molecular flexibility index (Phi) is 9.49. The molecule has 46 heavy (non-hydrogen) atoms. The van der Waals surface area contributed by atoms with Crippen LogP contribution in [0.15, 0.2) is 73.1 Å². The van der Waals surface area contributed by atoms with E-state index in [1.165, 1.54) is 25.3 Å². The lowest BCUT2D eigenvalue weighted by Crippen LogP contribution is -2.17. The van der Waals surface area contributed by atoms with Gasteiger partial charge in [0.05, 0.1) is 18.8 Å². The minimum Gasteiger partial charge on any atom is -0.469 e. The van der Waals surface area contributed by atoms with Crippen molar-refractivity contribution in [2.24, 2.45) is 5.41 Å². The second-order valence-electron chi connectivity index (χ2n) is 12.7. The number of aromatic nitrogens is 3. The largest absolute Gasteiger partial charge is 0.469 e. The predicted octanol–water partition coefficient (Wildman–Crippen LogP) is 9.28. The summed E-state index contributed by atoms with van der Waals surface area (Å²) in [6.45, 7) is 4.59. The predicted molar refractivity (Wildman–Crippen MR) is 180 cm³/mol. The summed E-state index contributed by atoms with van der Waals surface area (Å²) < 4.78 is 43.8. The summed E-state index contributed by atoms with van der Waals surface area (Å²) in [6.07, 6.45) is 8.05. The average Bonchev–Trinajstić information content (AvgIpc) is 3.72. The van der Waals surface area contributed by atoms with Gasteiger partial charge in [0.25, 0.3) is 0 Å². The molecule has 4 bridgehead atoms. The molecule has 3 heterocycles. The van der Waals surface area contributed by atoms with E-state index in [9.17, 15) is 4.79 Å². The molecule has 9 heteroatoms. The van der Waals surface area contributed by atoms with E-state index in [4.69, 9.17) is 14.6 Å². The van der Waals surface area contributed by atoms with Gasteiger partial charge in [-0.2, -0.15) is 16.9 Å². The SMILES string of the molecule is COC(=O)CCc1cccc(C2CCCC(C)(C)CSCCc3c(c(F)cc4[nH]ccc34)Oc3ccc(F)c(c3)-c3ccn2n3)c1. The Bertz CT molecular complexity index is 1850. The van der Waals surface area contributed by atoms with E-state index >= 15 is 8.78 Å². The Morgan fingerprint density at radius 3 is 2.85 bits per heavy atom. The molecule has 0 spiro atoms. The molecule has 1 N–H and O–H groups in total. The lowest BCUT2D eigenvalue weighted by atomic mass is 9.87. The highest BCUT2D eigenvalue weighted by molar-refractivity contribution is 7.99. The van der Waals surface area contributed by atoms with Crippen molar-refractivity contribution in [3.63, 3.8) is 0 Å². The lowest BCUT2D eigenvalue weighted by Gasteiger charge is -2.26. The second kappa shape index (κ2) is 13.7. The normalized spacial score (nSPS) is 17.0. The van der Waals surface area contributed by atoms with E-state index in [0.29, 0.717) is 30.7 Å². The van der Waals surface area contributed by atoms with E-state index in [1.807, 2.05) is 53.1 Å². The molecule has 0 saturated heterocycles. The summed E-state index contributed by atoms with van der Waals surface area (Å²) >= 11 is 1.87. The third-order valence-electron chi connectivity index (χ3n) is 8.73. The van der Waals surface area contributed by atoms with Crippen molar-refractivity contribution >= 4 is 28.6 Å². The van der Waals surface area contributed by atoms with Gasteiger partial charge in [-0.15, -0.1) is 0 Å². The number of carbonyl (C=O) groups is 1. The molecule has 1 aliphatic heterocycles. The molecular weight excluding hydrogens is 604 g/mol. The van der Waals surface area contributed by atoms with Crippen molar-refractivity contribution in [3.8, 4) is 22.8 Å². The maximum Gasteiger partial charge on any atom is 0.305 e. The molecule has 1 aliphatic rings. The van der Waals surface area contributed by atoms with Crippen LogP contribution in [0.25, 0.3) is 22.2 Å². The van der Waals surface area contributed by atoms with Gasteiger partial charge in [0.1, 0.15) is 11.6 Å². The fraction of sp³-hybridized carbons (Fsp3) is 0.351. The molecule has 240 valence electrons. The Morgan fingerprint density at radius 2 is 2.00 bits per heavy atom. The van der Waals surface area contributed by atoms with E-state index in [-0.39, 0.29) is 28.7 Å². The van der Waals surface area contributed by atoms with Gasteiger partial charge in [0.2, 0.25) is 0 Å². The number of hydrogen-bond donors (Lipinski definition) is 1. The first kappa shape index (κ1) is 31.9. The van der Waals surface area contributed by atoms with Crippen LogP contribution in [0.3, 0.4) is 0 Å². The minimum absolute atomic E-state index is 0.0820. The highest BCUT2D eigenvalue weighted by atomic mass is 32.2. The van der Waals surface area contributed by atoms with Crippen LogP contribution in [0.2, 0.25) is 0 Å². The summed E-state index contributed by atoms with van der Waals surface area (Å²) in [6, 6.07) is 17.8. The van der Waals surface area contributed by atoms with Crippen LogP contribution in [0.5, 0.6) is 11.5 Å². The van der Waals surface area contributed by atoms with Crippen LogP contribution in [0.1, 0.15) is 62.3 Å². The molecule has 5 aromatic rings. The van der Waals surface area contributed by atoms with Gasteiger partial charge < -0.3 is 14.5 Å². The van der Waals surface area contributed by atoms with Crippen LogP contribution in [-0.4, -0.2) is 39.3 Å². The Morgan fingerprint density at radius 1 is 1.13 bits per heavy atom. The van der Waals surface area contributed by atoms with E-state index in [0.717, 1.165) is 58.4 Å². The van der Waals surface area contributed by atoms with Gasteiger partial charge in [0, 0.05) is 46.9 Å². The molecule has 6 rings (SSSR count). The minimum atomic E-state index is -0.462. The highest BCUT2D eigenvalue weighted by Gasteiger charge is 2.24. The first-order valence-corrected chi connectivity index (χ1v) is 16.9. The number of benzene rings is 3. The standard InChI is InChI=1S/C37H39F2N3O3S/c1-37(2)16-5-8-34(25-7-4-6-24(20-25)9-12-35(43)44-3)42-18-14-32(41-42)29-21-26(10-11-30(29)38)45-36-28(15-19-46-23-37)27-13-17-40-33(27)22-31(36)39/h4,6-7,10-11,13-14,17-18,20-22,34,40H,5,8-9,12,15-16,19,23H2,1-3H3. The maximum absolute atomic E-state index is 15.5. The second-order valence-corrected chi connectivity index (χ2v) is 13.8. The summed E-state index contributed by atoms with van der Waals surface area (Å²) in [5.41, 5.74) is 4.49. The van der Waals surface area contributed by atoms with Crippen molar-refractivity contribution in [2.75, 3.05) is 18.6 Å². The van der Waals surface area contributed by atoms with Crippen LogP contribution >= 0.6 is 11.8 Å². The summed E-state index contributed by atoms with van der Waals surface area (Å²) in [5.74, 6) is 1.15. The Hall–Kier alpha value is -4.11. The highest BCUT2D eigenvalue weighted by Crippen LogP contribution is 2.38. The molecule has 6 nitrogen and oxygen atoms in total. The number of ether oxygens (including phenoxy) is 2. The lowest BCUT2D eigenvalue weighted by molar-refractivity contribution is -0.140. The molecule has 2 aromatic heterocycles. The molecule has 0 radical (unpaired) electrons. The van der Waals surface area contributed by atoms with Gasteiger partial charge >= 0.3 is 5.97 Å². The van der Waals surface area contributed by atoms with E-state index < -0.39 is 11.6 Å². The summed E-state index contributed by atoms with van der Waals surface area (Å²) in [7, 11) is 1.40. The zero-order valence-electron chi connectivity index (χ0n) is 26.4. The summed E-state index contributed by atoms with van der Waals surface area (Å²) in [5, 5.41) is 5.80. The molecule has 0 fully saturated rings. The van der Waals surface area contributed by atoms with Gasteiger partial charge in [-0.1, -0.05) is 44.5 Å². The molecule has 1 unspecified atom stereocenters. The van der Waals surface area contributed by atoms with E-state index in [1.54, 1.807) is 6.07 Å². The number of hydrogen-bond acceptors (Lipinski definition) is 5. The fourth-order valence-electron chi connectivity index (χ4n) is 6.24. The van der Waals surface area contributed by atoms with Gasteiger partial charge in [-0.25, -0.2) is 8.78 Å². The van der Waals surface area contributed by atoms with Crippen molar-refractivity contribution in [3.05, 3.63) is 101 Å². The number of nitrogens with zero attached hydrogens (tertiary/aromatic N) is 2. The van der Waals surface area contributed by atoms with Crippen molar-refractivity contribution in [1.29, 1.82) is 0 Å². The van der Waals surface area contributed by atoms with Crippen LogP contribution in [-0.2, 0) is 22.4 Å². The molecule has 3 aromatic carbocycles. The number of rotatable bonds is 4. The van der Waals surface area contributed by atoms with E-state index in [2.05, 4.69) is 31.0 Å². The number of H-pyrrole nitrogens is 1. The first-order chi connectivity index (χ1) is 22.2. The third kappa shape index (κ3) is 7.15. The first-order valence-electron chi connectivity index (χ1n) is 15.8. The zero-order chi connectivity index (χ0) is 32.3. The quantitative estimate of drug-likeness (QED) is 0.198. The Balaban J connectivity index is 1.39. The molecule has 0 aliphatic carbocycles. The van der Waals surface area contributed by atoms with Crippen LogP contribution in [0.4, 0.5) is 8.78 Å². The number of aryl methyl sites for hydroxylation is 2. The topological polar surface area (TPSA) is 69.1 Å². The van der Waals surface area contributed by atoms with Crippen molar-refractivity contribution in [1.82, 2.24) is 14.8 Å². The van der Waals surface area contributed by atoms with Gasteiger partial charge in [0.15, 0.2) is 11.6 Å². The fourth-order valence-corrected chi connectivity index (χ4v) is 7.43. The number of esters is 1. The number of methoxy groups -OCH3 is 1. The Labute approximate surface area is 272 Å². The average molecular weight is 644 g/mol. The number of carbonyl (C=O) groups excluding carboxylic acids is 1. The number of thioether (sulfide) groups is 1. The third-order valence-corrected chi connectivity index (χ3v) is 10.2. The summed E-state index contributed by atoms with van der Waals surface area (Å²) in [4.78, 5) is 14.9. The smallest absolute Gasteiger partial charge is 0.305 e. The number of halogens is 2. The van der Waals surface area contributed by atoms with Crippen LogP contribution in [0, 0.1) is 17.0 Å². The zero-order valence-corrected chi connectivity index (χ0v) is 27.3.